The van der Waals surface area contributed by atoms with Crippen molar-refractivity contribution in [3.63, 3.8) is 0 Å². The molecule has 3 amide bonds. The number of nitrogens with zero attached hydrogens (tertiary/aromatic N) is 5. The molecule has 0 aliphatic carbocycles. The smallest absolute Gasteiger partial charge is 0.417 e. The zero-order chi connectivity index (χ0) is 34.3. The van der Waals surface area contributed by atoms with Crippen molar-refractivity contribution in [3.05, 3.63) is 78.1 Å². The Hall–Kier alpha value is -5.55. The van der Waals surface area contributed by atoms with E-state index in [0.29, 0.717) is 74.6 Å². The van der Waals surface area contributed by atoms with Crippen LogP contribution in [0.15, 0.2) is 61.4 Å². The van der Waals surface area contributed by atoms with Crippen molar-refractivity contribution in [3.8, 4) is 11.4 Å². The van der Waals surface area contributed by atoms with E-state index in [1.165, 1.54) is 4.52 Å². The molecule has 4 aromatic rings. The van der Waals surface area contributed by atoms with Crippen LogP contribution in [0.25, 0.3) is 16.9 Å². The van der Waals surface area contributed by atoms with Crippen LogP contribution in [0.3, 0.4) is 0 Å². The number of rotatable bonds is 11. The summed E-state index contributed by atoms with van der Waals surface area (Å²) in [6.45, 7) is 6.30. The number of carbonyl (C=O) groups excluding carboxylic acids is 3. The Morgan fingerprint density at radius 3 is 2.52 bits per heavy atom. The minimum Gasteiger partial charge on any atom is -0.453 e. The Labute approximate surface area is 272 Å². The SMILES string of the molecule is C=CC(=O)Nc1ccc(C(=O)NCCNCc2cc3c(N4CCOCC4)nc(-c4cnc(NC(=O)OC)cc4C(F)(F)F)nn3c2)cc1. The van der Waals surface area contributed by atoms with Crippen LogP contribution in [0.2, 0.25) is 0 Å². The first-order valence-electron chi connectivity index (χ1n) is 14.7. The lowest BCUT2D eigenvalue weighted by Gasteiger charge is -2.28. The number of nitrogens with one attached hydrogen (secondary N) is 4. The average molecular weight is 668 g/mol. The van der Waals surface area contributed by atoms with Gasteiger partial charge in [0.05, 0.1) is 31.5 Å². The normalized spacial score (nSPS) is 13.2. The lowest BCUT2D eigenvalue weighted by molar-refractivity contribution is -0.137. The van der Waals surface area contributed by atoms with Crippen molar-refractivity contribution < 1.29 is 37.0 Å². The van der Waals surface area contributed by atoms with Crippen LogP contribution in [-0.4, -0.2) is 84.0 Å². The fraction of sp³-hybridized carbons (Fsp3) is 0.290. The molecule has 3 aromatic heterocycles. The standard InChI is InChI=1S/C31H32F3N9O5/c1-3-26(44)38-21-6-4-20(5-7-21)29(45)36-9-8-35-16-19-14-24-28(42-10-12-48-13-11-42)40-27(41-43(24)18-19)22-17-37-25(39-30(46)47-2)15-23(22)31(32,33)34/h3-7,14-15,17-18,35H,1,8-13,16H2,2H3,(H,36,45)(H,38,44)(H,37,39,46). The van der Waals surface area contributed by atoms with Crippen molar-refractivity contribution in [1.29, 1.82) is 0 Å². The Morgan fingerprint density at radius 1 is 1.08 bits per heavy atom. The monoisotopic (exact) mass is 667 g/mol. The molecule has 1 fully saturated rings. The van der Waals surface area contributed by atoms with Gasteiger partial charge in [-0.1, -0.05) is 6.58 Å². The van der Waals surface area contributed by atoms with Crippen molar-refractivity contribution in [1.82, 2.24) is 30.2 Å². The van der Waals surface area contributed by atoms with Gasteiger partial charge in [-0.3, -0.25) is 14.9 Å². The number of carbonyl (C=O) groups is 3. The summed E-state index contributed by atoms with van der Waals surface area (Å²) in [6.07, 6.45) is -1.97. The molecular formula is C31H32F3N9O5. The van der Waals surface area contributed by atoms with Crippen LogP contribution in [-0.2, 0) is 27.0 Å². The molecule has 1 saturated heterocycles. The predicted octanol–water partition coefficient (Wildman–Crippen LogP) is 3.47. The van der Waals surface area contributed by atoms with Crippen LogP contribution in [0.1, 0.15) is 21.5 Å². The number of morpholine rings is 1. The topological polar surface area (TPSA) is 164 Å². The molecule has 14 nitrogen and oxygen atoms in total. The van der Waals surface area contributed by atoms with Gasteiger partial charge in [-0.25, -0.2) is 19.3 Å². The summed E-state index contributed by atoms with van der Waals surface area (Å²) in [4.78, 5) is 46.0. The molecule has 0 unspecified atom stereocenters. The number of hydrogen-bond acceptors (Lipinski definition) is 10. The van der Waals surface area contributed by atoms with Gasteiger partial charge in [0, 0.05) is 56.4 Å². The third kappa shape index (κ3) is 8.23. The predicted molar refractivity (Wildman–Crippen MR) is 170 cm³/mol. The van der Waals surface area contributed by atoms with Gasteiger partial charge < -0.3 is 30.3 Å². The first-order chi connectivity index (χ1) is 23.0. The molecule has 1 aromatic carbocycles. The number of anilines is 3. The van der Waals surface area contributed by atoms with E-state index in [1.807, 2.05) is 11.0 Å². The minimum absolute atomic E-state index is 0.206. The van der Waals surface area contributed by atoms with Gasteiger partial charge in [-0.15, -0.1) is 5.10 Å². The molecule has 4 N–H and O–H groups in total. The molecule has 0 bridgehead atoms. The Morgan fingerprint density at radius 2 is 1.83 bits per heavy atom. The second-order valence-corrected chi connectivity index (χ2v) is 10.5. The zero-order valence-corrected chi connectivity index (χ0v) is 25.8. The highest BCUT2D eigenvalue weighted by Crippen LogP contribution is 2.37. The molecule has 0 spiro atoms. The van der Waals surface area contributed by atoms with E-state index in [4.69, 9.17) is 4.74 Å². The first kappa shape index (κ1) is 33.8. The largest absolute Gasteiger partial charge is 0.453 e. The average Bonchev–Trinajstić information content (AvgIpc) is 3.50. The highest BCUT2D eigenvalue weighted by atomic mass is 19.4. The molecule has 252 valence electrons. The van der Waals surface area contributed by atoms with Gasteiger partial charge in [0.15, 0.2) is 11.6 Å². The zero-order valence-electron chi connectivity index (χ0n) is 25.8. The van der Waals surface area contributed by atoms with Crippen LogP contribution in [0.5, 0.6) is 0 Å². The summed E-state index contributed by atoms with van der Waals surface area (Å²) in [5.74, 6) is -0.754. The number of pyridine rings is 1. The highest BCUT2D eigenvalue weighted by molar-refractivity contribution is 5.99. The van der Waals surface area contributed by atoms with Gasteiger partial charge in [0.2, 0.25) is 5.91 Å². The number of fused-ring (bicyclic) bond motifs is 1. The van der Waals surface area contributed by atoms with E-state index in [2.05, 4.69) is 47.6 Å². The maximum atomic E-state index is 14.2. The van der Waals surface area contributed by atoms with Crippen LogP contribution in [0, 0.1) is 0 Å². The number of hydrogen-bond donors (Lipinski definition) is 4. The fourth-order valence-electron chi connectivity index (χ4n) is 4.85. The third-order valence-electron chi connectivity index (χ3n) is 7.19. The summed E-state index contributed by atoms with van der Waals surface area (Å²) >= 11 is 0. The van der Waals surface area contributed by atoms with E-state index in [-0.39, 0.29) is 29.0 Å². The van der Waals surface area contributed by atoms with Gasteiger partial charge in [-0.2, -0.15) is 13.2 Å². The number of alkyl halides is 3. The lowest BCUT2D eigenvalue weighted by Crippen LogP contribution is -2.37. The molecule has 1 aliphatic rings. The number of methoxy groups -OCH3 is 1. The Kier molecular flexibility index (Phi) is 10.5. The van der Waals surface area contributed by atoms with E-state index in [9.17, 15) is 27.6 Å². The molecule has 1 aliphatic heterocycles. The summed E-state index contributed by atoms with van der Waals surface area (Å²) < 4.78 is 54.0. The van der Waals surface area contributed by atoms with E-state index < -0.39 is 17.8 Å². The molecule has 0 saturated carbocycles. The summed E-state index contributed by atoms with van der Waals surface area (Å²) in [5, 5.41) is 15.2. The van der Waals surface area contributed by atoms with Crippen LogP contribution < -0.4 is 26.2 Å². The molecule has 5 rings (SSSR count). The Balaban J connectivity index is 1.31. The second-order valence-electron chi connectivity index (χ2n) is 10.5. The number of aromatic nitrogens is 4. The van der Waals surface area contributed by atoms with Gasteiger partial charge in [0.25, 0.3) is 5.91 Å². The molecule has 0 atom stereocenters. The van der Waals surface area contributed by atoms with E-state index >= 15 is 0 Å². The van der Waals surface area contributed by atoms with Crippen LogP contribution in [0.4, 0.5) is 35.3 Å². The molecular weight excluding hydrogens is 635 g/mol. The number of amides is 3. The number of benzene rings is 1. The van der Waals surface area contributed by atoms with Crippen molar-refractivity contribution in [2.75, 3.05) is 62.0 Å². The van der Waals surface area contributed by atoms with Gasteiger partial charge >= 0.3 is 12.3 Å². The lowest BCUT2D eigenvalue weighted by atomic mass is 10.1. The number of halogens is 3. The minimum atomic E-state index is -4.81. The van der Waals surface area contributed by atoms with Crippen molar-refractivity contribution in [2.24, 2.45) is 0 Å². The summed E-state index contributed by atoms with van der Waals surface area (Å²) in [7, 11) is 1.08. The molecule has 48 heavy (non-hydrogen) atoms. The van der Waals surface area contributed by atoms with E-state index in [0.717, 1.165) is 24.9 Å². The molecule has 0 radical (unpaired) electrons. The van der Waals surface area contributed by atoms with E-state index in [1.54, 1.807) is 30.5 Å². The second kappa shape index (κ2) is 14.9. The maximum Gasteiger partial charge on any atom is 0.417 e. The quantitative estimate of drug-likeness (QED) is 0.138. The highest BCUT2D eigenvalue weighted by Gasteiger charge is 2.36. The number of ether oxygens (including phenoxy) is 2. The Bertz CT molecular complexity index is 1810. The third-order valence-corrected chi connectivity index (χ3v) is 7.19. The maximum absolute atomic E-state index is 14.2. The van der Waals surface area contributed by atoms with Gasteiger partial charge in [0.1, 0.15) is 11.3 Å². The summed E-state index contributed by atoms with van der Waals surface area (Å²) in [6, 6.07) is 8.97. The van der Waals surface area contributed by atoms with Crippen LogP contribution >= 0.6 is 0 Å². The summed E-state index contributed by atoms with van der Waals surface area (Å²) in [5.41, 5.74) is 0.885. The first-order valence-corrected chi connectivity index (χ1v) is 14.7. The van der Waals surface area contributed by atoms with Crippen molar-refractivity contribution in [2.45, 2.75) is 12.7 Å². The molecule has 4 heterocycles. The van der Waals surface area contributed by atoms with Crippen molar-refractivity contribution >= 4 is 40.7 Å². The van der Waals surface area contributed by atoms with Gasteiger partial charge in [-0.05, 0) is 48.0 Å². The molecule has 17 heteroatoms. The fourth-order valence-corrected chi connectivity index (χ4v) is 4.85.